The fourth-order valence-corrected chi connectivity index (χ4v) is 8.08. The van der Waals surface area contributed by atoms with Gasteiger partial charge in [0.25, 0.3) is 0 Å². The molecule has 1 spiro atoms. The molecule has 176 valence electrons. The molecular formula is C24H35N3O4S. The van der Waals surface area contributed by atoms with Gasteiger partial charge in [-0.2, -0.15) is 0 Å². The number of hydrogen-bond donors (Lipinski definition) is 1. The van der Waals surface area contributed by atoms with Crippen LogP contribution in [-0.2, 0) is 14.4 Å². The Bertz CT molecular complexity index is 845. The Hall–Kier alpha value is -1.80. The molecule has 0 aromatic rings. The first-order chi connectivity index (χ1) is 15.3. The lowest BCUT2D eigenvalue weighted by Gasteiger charge is -2.36. The molecule has 0 aliphatic carbocycles. The van der Waals surface area contributed by atoms with Crippen LogP contribution in [0.25, 0.3) is 0 Å². The number of fused-ring (bicyclic) bond motifs is 2. The summed E-state index contributed by atoms with van der Waals surface area (Å²) in [5, 5.41) is 9.45. The van der Waals surface area contributed by atoms with Gasteiger partial charge in [-0.3, -0.25) is 14.4 Å². The summed E-state index contributed by atoms with van der Waals surface area (Å²) in [7, 11) is 1.78. The molecule has 32 heavy (non-hydrogen) atoms. The van der Waals surface area contributed by atoms with Crippen molar-refractivity contribution >= 4 is 29.5 Å². The van der Waals surface area contributed by atoms with E-state index >= 15 is 0 Å². The van der Waals surface area contributed by atoms with E-state index in [1.807, 2.05) is 24.0 Å². The maximum atomic E-state index is 13.9. The van der Waals surface area contributed by atoms with Crippen molar-refractivity contribution in [2.24, 2.45) is 11.8 Å². The van der Waals surface area contributed by atoms with Gasteiger partial charge in [0.05, 0.1) is 16.6 Å². The zero-order chi connectivity index (χ0) is 23.1. The summed E-state index contributed by atoms with van der Waals surface area (Å²) in [5.41, 5.74) is 0. The van der Waals surface area contributed by atoms with Crippen LogP contribution in [0.2, 0.25) is 0 Å². The molecule has 2 saturated heterocycles. The Morgan fingerprint density at radius 3 is 2.47 bits per heavy atom. The van der Waals surface area contributed by atoms with Crippen LogP contribution in [0.5, 0.6) is 0 Å². The van der Waals surface area contributed by atoms with Crippen molar-refractivity contribution in [2.45, 2.75) is 55.1 Å². The average molecular weight is 462 g/mol. The fraction of sp³-hybridized carbons (Fsp3) is 0.708. The van der Waals surface area contributed by atoms with Crippen LogP contribution < -0.4 is 0 Å². The van der Waals surface area contributed by atoms with Gasteiger partial charge < -0.3 is 19.8 Å². The second-order valence-corrected chi connectivity index (χ2v) is 11.4. The van der Waals surface area contributed by atoms with Gasteiger partial charge in [-0.25, -0.2) is 0 Å². The summed E-state index contributed by atoms with van der Waals surface area (Å²) in [5.74, 6) is -1.30. The molecule has 1 N–H and O–H groups in total. The monoisotopic (exact) mass is 461 g/mol. The average Bonchev–Trinajstić information content (AvgIpc) is 3.03. The number of unbranched alkanes of at least 4 members (excludes halogenated alkanes) is 2. The number of hydrogen-bond acceptors (Lipinski definition) is 5. The Balaban J connectivity index is 1.78. The molecular weight excluding hydrogens is 426 g/mol. The number of likely N-dealkylation sites (tertiary alicyclic amines) is 1. The number of amides is 3. The summed E-state index contributed by atoms with van der Waals surface area (Å²) in [6, 6.07) is -0.646. The SMILES string of the molecule is CCCCCN1CC=C[C@]23S[C@@]4(C)C=CCN(C)C(=O)[C@H]4[C@H]2C(=O)N(CCCO)C3C1=O. The molecule has 5 atom stereocenters. The van der Waals surface area contributed by atoms with Crippen molar-refractivity contribution in [3.8, 4) is 0 Å². The minimum Gasteiger partial charge on any atom is -0.396 e. The molecule has 4 rings (SSSR count). The molecule has 4 aliphatic heterocycles. The standard InChI is InChI=1S/C24H35N3O4S/c1-4-5-6-13-26-14-8-11-24-18(21(30)27(15-9-16-28)19(24)22(26)31)17-20(29)25(3)12-7-10-23(17,2)32-24/h7-8,10-11,17-19,28H,4-6,9,12-16H2,1-3H3/t17-,18+,19?,23+,24+/m1/s1. The van der Waals surface area contributed by atoms with Crippen LogP contribution in [0.1, 0.15) is 39.5 Å². The number of thioether (sulfide) groups is 1. The largest absolute Gasteiger partial charge is 0.396 e. The number of nitrogens with zero attached hydrogens (tertiary/aromatic N) is 3. The highest BCUT2D eigenvalue weighted by molar-refractivity contribution is 8.02. The van der Waals surface area contributed by atoms with E-state index in [9.17, 15) is 19.5 Å². The van der Waals surface area contributed by atoms with E-state index in [4.69, 9.17) is 0 Å². The number of rotatable bonds is 7. The lowest BCUT2D eigenvalue weighted by molar-refractivity contribution is -0.144. The maximum absolute atomic E-state index is 13.9. The molecule has 0 aromatic heterocycles. The number of carbonyl (C=O) groups excluding carboxylic acids is 3. The van der Waals surface area contributed by atoms with E-state index in [-0.39, 0.29) is 24.3 Å². The molecule has 7 nitrogen and oxygen atoms in total. The van der Waals surface area contributed by atoms with Gasteiger partial charge in [0.2, 0.25) is 17.7 Å². The first-order valence-electron chi connectivity index (χ1n) is 11.8. The second kappa shape index (κ2) is 8.86. The predicted molar refractivity (Wildman–Crippen MR) is 125 cm³/mol. The zero-order valence-corrected chi connectivity index (χ0v) is 20.1. The van der Waals surface area contributed by atoms with Crippen LogP contribution in [-0.4, -0.2) is 92.9 Å². The lowest BCUT2D eigenvalue weighted by Crippen LogP contribution is -2.53. The van der Waals surface area contributed by atoms with Gasteiger partial charge in [-0.05, 0) is 19.8 Å². The van der Waals surface area contributed by atoms with Gasteiger partial charge in [0.15, 0.2) is 0 Å². The van der Waals surface area contributed by atoms with Crippen molar-refractivity contribution in [1.82, 2.24) is 14.7 Å². The first kappa shape index (κ1) is 23.4. The van der Waals surface area contributed by atoms with Gasteiger partial charge in [0, 0.05) is 44.6 Å². The van der Waals surface area contributed by atoms with Crippen LogP contribution >= 0.6 is 11.8 Å². The van der Waals surface area contributed by atoms with E-state index in [0.717, 1.165) is 19.3 Å². The third-order valence-corrected chi connectivity index (χ3v) is 9.23. The molecule has 3 amide bonds. The van der Waals surface area contributed by atoms with E-state index in [0.29, 0.717) is 32.6 Å². The highest BCUT2D eigenvalue weighted by atomic mass is 32.2. The zero-order valence-electron chi connectivity index (χ0n) is 19.3. The van der Waals surface area contributed by atoms with Crippen molar-refractivity contribution < 1.29 is 19.5 Å². The molecule has 8 heteroatoms. The Morgan fingerprint density at radius 2 is 1.75 bits per heavy atom. The first-order valence-corrected chi connectivity index (χ1v) is 12.6. The number of aliphatic hydroxyl groups is 1. The quantitative estimate of drug-likeness (QED) is 0.461. The van der Waals surface area contributed by atoms with E-state index in [1.54, 1.807) is 28.6 Å². The molecule has 0 saturated carbocycles. The van der Waals surface area contributed by atoms with E-state index in [1.165, 1.54) is 0 Å². The predicted octanol–water partition coefficient (Wildman–Crippen LogP) is 1.67. The molecule has 2 fully saturated rings. The summed E-state index contributed by atoms with van der Waals surface area (Å²) < 4.78 is -1.33. The fourth-order valence-electron chi connectivity index (χ4n) is 5.92. The molecule has 1 unspecified atom stereocenters. The third-order valence-electron chi connectivity index (χ3n) is 7.43. The summed E-state index contributed by atoms with van der Waals surface area (Å²) in [6.45, 7) is 6.17. The summed E-state index contributed by atoms with van der Waals surface area (Å²) in [6.07, 6.45) is 11.6. The highest BCUT2D eigenvalue weighted by Gasteiger charge is 2.73. The minimum atomic E-state index is -0.777. The van der Waals surface area contributed by atoms with Crippen molar-refractivity contribution in [3.63, 3.8) is 0 Å². The second-order valence-electron chi connectivity index (χ2n) is 9.62. The van der Waals surface area contributed by atoms with Crippen molar-refractivity contribution in [1.29, 1.82) is 0 Å². The summed E-state index contributed by atoms with van der Waals surface area (Å²) in [4.78, 5) is 46.5. The van der Waals surface area contributed by atoms with Crippen LogP contribution in [0, 0.1) is 11.8 Å². The van der Waals surface area contributed by atoms with Gasteiger partial charge in [-0.1, -0.05) is 44.1 Å². The molecule has 0 bridgehead atoms. The number of aliphatic hydroxyl groups excluding tert-OH is 1. The number of carbonyl (C=O) groups is 3. The van der Waals surface area contributed by atoms with Crippen LogP contribution in [0.3, 0.4) is 0 Å². The number of likely N-dealkylation sites (N-methyl/N-ethyl adjacent to an activating group) is 1. The van der Waals surface area contributed by atoms with Gasteiger partial charge in [-0.15, -0.1) is 11.8 Å². The third kappa shape index (κ3) is 3.50. The van der Waals surface area contributed by atoms with Gasteiger partial charge >= 0.3 is 0 Å². The Morgan fingerprint density at radius 1 is 1.00 bits per heavy atom. The molecule has 0 radical (unpaired) electrons. The smallest absolute Gasteiger partial charge is 0.247 e. The normalized spacial score (nSPS) is 36.3. The molecule has 4 heterocycles. The van der Waals surface area contributed by atoms with Crippen molar-refractivity contribution in [3.05, 3.63) is 24.3 Å². The lowest BCUT2D eigenvalue weighted by atomic mass is 9.74. The Kier molecular flexibility index (Phi) is 6.47. The highest BCUT2D eigenvalue weighted by Crippen LogP contribution is 2.65. The summed E-state index contributed by atoms with van der Waals surface area (Å²) >= 11 is 1.61. The van der Waals surface area contributed by atoms with Gasteiger partial charge in [0.1, 0.15) is 6.04 Å². The molecule has 4 aliphatic rings. The van der Waals surface area contributed by atoms with E-state index < -0.39 is 27.4 Å². The maximum Gasteiger partial charge on any atom is 0.247 e. The van der Waals surface area contributed by atoms with E-state index in [2.05, 4.69) is 19.1 Å². The topological polar surface area (TPSA) is 81.2 Å². The minimum absolute atomic E-state index is 0.0303. The van der Waals surface area contributed by atoms with Crippen LogP contribution in [0.15, 0.2) is 24.3 Å². The van der Waals surface area contributed by atoms with Crippen LogP contribution in [0.4, 0.5) is 0 Å². The Labute approximate surface area is 194 Å². The van der Waals surface area contributed by atoms with Crippen molar-refractivity contribution in [2.75, 3.05) is 39.8 Å². The molecule has 0 aromatic carbocycles.